The number of hydrogen-bond donors (Lipinski definition) is 2. The molecule has 0 aliphatic heterocycles. The number of aromatic nitrogens is 1. The molecule has 0 bridgehead atoms. The predicted molar refractivity (Wildman–Crippen MR) is 99.8 cm³/mol. The Balaban J connectivity index is 1.51. The van der Waals surface area contributed by atoms with Crippen molar-refractivity contribution < 1.29 is 18.7 Å². The summed E-state index contributed by atoms with van der Waals surface area (Å²) >= 11 is 0. The van der Waals surface area contributed by atoms with Crippen LogP contribution < -0.4 is 5.32 Å². The maximum Gasteiger partial charge on any atom is 0.229 e. The standard InChI is InChI=1S/C21H21FN2O3/c1-14-19(24-21(27-14)17-6-2-3-7-18(17)22)13-20(26)23-12-4-5-15-8-10-16(25)11-9-15/h2-3,6-11,25H,4-5,12-13H2,1H3,(H,23,26). The number of oxazole rings is 1. The average Bonchev–Trinajstić information content (AvgIpc) is 3.01. The highest BCUT2D eigenvalue weighted by Gasteiger charge is 2.16. The molecule has 140 valence electrons. The first-order valence-corrected chi connectivity index (χ1v) is 8.79. The molecular formula is C21H21FN2O3. The third-order valence-corrected chi connectivity index (χ3v) is 4.23. The van der Waals surface area contributed by atoms with E-state index in [2.05, 4.69) is 10.3 Å². The van der Waals surface area contributed by atoms with Gasteiger partial charge in [-0.2, -0.15) is 0 Å². The van der Waals surface area contributed by atoms with Gasteiger partial charge in [0, 0.05) is 6.54 Å². The van der Waals surface area contributed by atoms with E-state index in [1.165, 1.54) is 6.07 Å². The second-order valence-electron chi connectivity index (χ2n) is 6.30. The van der Waals surface area contributed by atoms with Crippen molar-refractivity contribution in [2.75, 3.05) is 6.54 Å². The van der Waals surface area contributed by atoms with E-state index < -0.39 is 5.82 Å². The SMILES string of the molecule is Cc1oc(-c2ccccc2F)nc1CC(=O)NCCCc1ccc(O)cc1. The molecule has 1 aromatic heterocycles. The first kappa shape index (κ1) is 18.6. The molecule has 0 aliphatic rings. The molecule has 3 rings (SSSR count). The van der Waals surface area contributed by atoms with E-state index in [9.17, 15) is 14.3 Å². The topological polar surface area (TPSA) is 75.4 Å². The maximum absolute atomic E-state index is 13.9. The van der Waals surface area contributed by atoms with Crippen LogP contribution in [0.1, 0.15) is 23.4 Å². The van der Waals surface area contributed by atoms with Crippen LogP contribution in [-0.2, 0) is 17.6 Å². The molecule has 0 unspecified atom stereocenters. The van der Waals surface area contributed by atoms with E-state index in [-0.39, 0.29) is 29.5 Å². The third kappa shape index (κ3) is 4.94. The number of hydrogen-bond acceptors (Lipinski definition) is 4. The zero-order chi connectivity index (χ0) is 19.2. The highest BCUT2D eigenvalue weighted by molar-refractivity contribution is 5.78. The molecule has 3 aromatic rings. The fraction of sp³-hybridized carbons (Fsp3) is 0.238. The van der Waals surface area contributed by atoms with Gasteiger partial charge in [-0.1, -0.05) is 24.3 Å². The van der Waals surface area contributed by atoms with Crippen LogP contribution in [0, 0.1) is 12.7 Å². The van der Waals surface area contributed by atoms with Crippen LogP contribution >= 0.6 is 0 Å². The van der Waals surface area contributed by atoms with Crippen molar-refractivity contribution in [1.82, 2.24) is 10.3 Å². The lowest BCUT2D eigenvalue weighted by atomic mass is 10.1. The Morgan fingerprint density at radius 1 is 1.19 bits per heavy atom. The number of rotatable bonds is 7. The largest absolute Gasteiger partial charge is 0.508 e. The number of halogens is 1. The minimum atomic E-state index is -0.413. The van der Waals surface area contributed by atoms with Gasteiger partial charge in [0.05, 0.1) is 17.7 Å². The second kappa shape index (κ2) is 8.49. The van der Waals surface area contributed by atoms with E-state index in [4.69, 9.17) is 4.42 Å². The summed E-state index contributed by atoms with van der Waals surface area (Å²) in [5, 5.41) is 12.1. The van der Waals surface area contributed by atoms with Crippen LogP contribution in [0.3, 0.4) is 0 Å². The second-order valence-corrected chi connectivity index (χ2v) is 6.30. The fourth-order valence-corrected chi connectivity index (χ4v) is 2.74. The van der Waals surface area contributed by atoms with Gasteiger partial charge in [0.25, 0.3) is 0 Å². The van der Waals surface area contributed by atoms with E-state index in [1.807, 2.05) is 12.1 Å². The number of nitrogens with zero attached hydrogens (tertiary/aromatic N) is 1. The molecule has 2 N–H and O–H groups in total. The zero-order valence-electron chi connectivity index (χ0n) is 15.0. The Kier molecular flexibility index (Phi) is 5.86. The van der Waals surface area contributed by atoms with Crippen LogP contribution in [0.15, 0.2) is 52.9 Å². The zero-order valence-corrected chi connectivity index (χ0v) is 15.0. The highest BCUT2D eigenvalue weighted by Crippen LogP contribution is 2.24. The summed E-state index contributed by atoms with van der Waals surface area (Å²) in [7, 11) is 0. The molecule has 6 heteroatoms. The molecule has 0 saturated carbocycles. The lowest BCUT2D eigenvalue weighted by Crippen LogP contribution is -2.26. The Morgan fingerprint density at radius 2 is 1.93 bits per heavy atom. The van der Waals surface area contributed by atoms with E-state index in [0.717, 1.165) is 18.4 Å². The van der Waals surface area contributed by atoms with Crippen molar-refractivity contribution >= 4 is 5.91 Å². The molecule has 0 atom stereocenters. The summed E-state index contributed by atoms with van der Waals surface area (Å²) in [6, 6.07) is 13.3. The van der Waals surface area contributed by atoms with Gasteiger partial charge in [-0.15, -0.1) is 0 Å². The van der Waals surface area contributed by atoms with Crippen molar-refractivity contribution in [2.24, 2.45) is 0 Å². The Hall–Kier alpha value is -3.15. The number of phenolic OH excluding ortho intramolecular Hbond substituents is 1. The lowest BCUT2D eigenvalue weighted by molar-refractivity contribution is -0.120. The average molecular weight is 368 g/mol. The summed E-state index contributed by atoms with van der Waals surface area (Å²) in [5.41, 5.74) is 1.88. The number of aromatic hydroxyl groups is 1. The molecule has 1 amide bonds. The van der Waals surface area contributed by atoms with Crippen LogP contribution in [0.5, 0.6) is 5.75 Å². The molecule has 5 nitrogen and oxygen atoms in total. The molecule has 1 heterocycles. The number of nitrogens with one attached hydrogen (secondary N) is 1. The summed E-state index contributed by atoms with van der Waals surface area (Å²) in [6.45, 7) is 2.25. The van der Waals surface area contributed by atoms with Gasteiger partial charge >= 0.3 is 0 Å². The molecule has 2 aromatic carbocycles. The Labute approximate surface area is 156 Å². The predicted octanol–water partition coefficient (Wildman–Crippen LogP) is 3.79. The van der Waals surface area contributed by atoms with Crippen molar-refractivity contribution in [3.05, 3.63) is 71.4 Å². The number of aryl methyl sites for hydroxylation is 2. The monoisotopic (exact) mass is 368 g/mol. The first-order chi connectivity index (χ1) is 13.0. The first-order valence-electron chi connectivity index (χ1n) is 8.79. The third-order valence-electron chi connectivity index (χ3n) is 4.23. The van der Waals surface area contributed by atoms with Gasteiger partial charge in [-0.25, -0.2) is 9.37 Å². The molecule has 0 spiro atoms. The van der Waals surface area contributed by atoms with Crippen LogP contribution in [0.4, 0.5) is 4.39 Å². The van der Waals surface area contributed by atoms with Crippen LogP contribution in [0.25, 0.3) is 11.5 Å². The number of carbonyl (C=O) groups excluding carboxylic acids is 1. The van der Waals surface area contributed by atoms with Crippen LogP contribution in [0.2, 0.25) is 0 Å². The van der Waals surface area contributed by atoms with Crippen molar-refractivity contribution in [1.29, 1.82) is 0 Å². The molecule has 0 fully saturated rings. The van der Waals surface area contributed by atoms with Crippen molar-refractivity contribution in [3.63, 3.8) is 0 Å². The quantitative estimate of drug-likeness (QED) is 0.622. The lowest BCUT2D eigenvalue weighted by Gasteiger charge is -2.05. The summed E-state index contributed by atoms with van der Waals surface area (Å²) in [4.78, 5) is 16.4. The van der Waals surface area contributed by atoms with Gasteiger partial charge in [0.15, 0.2) is 0 Å². The molecule has 27 heavy (non-hydrogen) atoms. The Bertz CT molecular complexity index is 919. The smallest absolute Gasteiger partial charge is 0.229 e. The van der Waals surface area contributed by atoms with Crippen molar-refractivity contribution in [3.8, 4) is 17.2 Å². The maximum atomic E-state index is 13.9. The normalized spacial score (nSPS) is 10.7. The van der Waals surface area contributed by atoms with Gasteiger partial charge in [-0.3, -0.25) is 4.79 Å². The summed E-state index contributed by atoms with van der Waals surface area (Å²) in [6.07, 6.45) is 1.68. The summed E-state index contributed by atoms with van der Waals surface area (Å²) in [5.74, 6) is 0.360. The van der Waals surface area contributed by atoms with Crippen LogP contribution in [-0.4, -0.2) is 22.5 Å². The number of carbonyl (C=O) groups is 1. The molecule has 0 radical (unpaired) electrons. The summed E-state index contributed by atoms with van der Waals surface area (Å²) < 4.78 is 19.4. The number of amides is 1. The Morgan fingerprint density at radius 3 is 2.67 bits per heavy atom. The number of phenols is 1. The van der Waals surface area contributed by atoms with E-state index in [0.29, 0.717) is 18.0 Å². The van der Waals surface area contributed by atoms with Crippen molar-refractivity contribution in [2.45, 2.75) is 26.2 Å². The fourth-order valence-electron chi connectivity index (χ4n) is 2.74. The molecule has 0 aliphatic carbocycles. The highest BCUT2D eigenvalue weighted by atomic mass is 19.1. The minimum absolute atomic E-state index is 0.0863. The van der Waals surface area contributed by atoms with Gasteiger partial charge in [0.2, 0.25) is 11.8 Å². The van der Waals surface area contributed by atoms with E-state index >= 15 is 0 Å². The minimum Gasteiger partial charge on any atom is -0.508 e. The van der Waals surface area contributed by atoms with Gasteiger partial charge in [-0.05, 0) is 49.6 Å². The van der Waals surface area contributed by atoms with Gasteiger partial charge in [0.1, 0.15) is 17.3 Å². The molecular weight excluding hydrogens is 347 g/mol. The van der Waals surface area contributed by atoms with E-state index in [1.54, 1.807) is 37.3 Å². The number of benzene rings is 2. The molecule has 0 saturated heterocycles. The van der Waals surface area contributed by atoms with Gasteiger partial charge < -0.3 is 14.8 Å².